The lowest BCUT2D eigenvalue weighted by Gasteiger charge is -2.07. The largest absolute Gasteiger partial charge is 0.382 e. The zero-order valence-corrected chi connectivity index (χ0v) is 10.5. The molecule has 1 rings (SSSR count). The van der Waals surface area contributed by atoms with Gasteiger partial charge in [-0.2, -0.15) is 0 Å². The Morgan fingerprint density at radius 3 is 2.60 bits per heavy atom. The minimum Gasteiger partial charge on any atom is -0.382 e. The van der Waals surface area contributed by atoms with Crippen molar-refractivity contribution in [3.05, 3.63) is 0 Å². The van der Waals surface area contributed by atoms with Gasteiger partial charge in [-0.25, -0.2) is 0 Å². The second-order valence-electron chi connectivity index (χ2n) is 4.31. The average molecular weight is 235 g/mol. The van der Waals surface area contributed by atoms with Crippen LogP contribution in [0.5, 0.6) is 0 Å². The minimum absolute atomic E-state index is 0.444. The van der Waals surface area contributed by atoms with Crippen molar-refractivity contribution in [3.63, 3.8) is 0 Å². The number of hydrogen-bond acceptors (Lipinski definition) is 2. The van der Waals surface area contributed by atoms with E-state index in [2.05, 4.69) is 0 Å². The summed E-state index contributed by atoms with van der Waals surface area (Å²) in [4.78, 5) is 0. The maximum Gasteiger partial charge on any atom is 0.0700 e. The van der Waals surface area contributed by atoms with Gasteiger partial charge in [-0.3, -0.25) is 0 Å². The lowest BCUT2D eigenvalue weighted by Crippen LogP contribution is -2.04. The van der Waals surface area contributed by atoms with E-state index in [1.165, 1.54) is 32.1 Å². The molecule has 1 saturated carbocycles. The molecular weight excluding hydrogens is 212 g/mol. The molecule has 90 valence electrons. The fourth-order valence-corrected chi connectivity index (χ4v) is 2.06. The van der Waals surface area contributed by atoms with Crippen LogP contribution >= 0.6 is 11.6 Å². The van der Waals surface area contributed by atoms with Crippen molar-refractivity contribution in [2.24, 2.45) is 5.92 Å². The van der Waals surface area contributed by atoms with Crippen LogP contribution in [0, 0.1) is 5.92 Å². The Bertz CT molecular complexity index is 149. The summed E-state index contributed by atoms with van der Waals surface area (Å²) in [6.45, 7) is 2.28. The normalized spacial score (nSPS) is 18.0. The molecule has 15 heavy (non-hydrogen) atoms. The summed E-state index contributed by atoms with van der Waals surface area (Å²) in [6.07, 6.45) is 7.53. The molecule has 0 N–H and O–H groups in total. The van der Waals surface area contributed by atoms with Crippen molar-refractivity contribution in [2.45, 2.75) is 43.9 Å². The first-order valence-electron chi connectivity index (χ1n) is 6.05. The van der Waals surface area contributed by atoms with Gasteiger partial charge in [-0.1, -0.05) is 12.8 Å². The Balaban J connectivity index is 1.72. The zero-order valence-electron chi connectivity index (χ0n) is 9.71. The first-order valence-corrected chi connectivity index (χ1v) is 6.49. The summed E-state index contributed by atoms with van der Waals surface area (Å²) >= 11 is 6.21. The lowest BCUT2D eigenvalue weighted by atomic mass is 10.1. The molecular formula is C12H23ClO2. The monoisotopic (exact) mass is 234 g/mol. The zero-order chi connectivity index (χ0) is 10.9. The third-order valence-corrected chi connectivity index (χ3v) is 3.41. The molecule has 1 aliphatic rings. The predicted molar refractivity (Wildman–Crippen MR) is 63.5 cm³/mol. The van der Waals surface area contributed by atoms with Gasteiger partial charge in [0.2, 0.25) is 0 Å². The molecule has 0 radical (unpaired) electrons. The number of hydrogen-bond donors (Lipinski definition) is 0. The van der Waals surface area contributed by atoms with Crippen LogP contribution in [0.4, 0.5) is 0 Å². The average Bonchev–Trinajstić information content (AvgIpc) is 3.05. The smallest absolute Gasteiger partial charge is 0.0700 e. The van der Waals surface area contributed by atoms with Crippen LogP contribution in [0.1, 0.15) is 38.5 Å². The second kappa shape index (κ2) is 8.37. The van der Waals surface area contributed by atoms with Gasteiger partial charge in [0.05, 0.1) is 13.2 Å². The second-order valence-corrected chi connectivity index (χ2v) is 4.87. The third-order valence-electron chi connectivity index (χ3n) is 2.83. The highest BCUT2D eigenvalue weighted by atomic mass is 35.5. The molecule has 0 heterocycles. The van der Waals surface area contributed by atoms with Gasteiger partial charge in [0.25, 0.3) is 0 Å². The minimum atomic E-state index is 0.444. The van der Waals surface area contributed by atoms with E-state index in [1.54, 1.807) is 7.11 Å². The number of halogens is 1. The Morgan fingerprint density at radius 2 is 1.93 bits per heavy atom. The molecule has 1 atom stereocenters. The van der Waals surface area contributed by atoms with Gasteiger partial charge >= 0.3 is 0 Å². The molecule has 0 aromatic heterocycles. The highest BCUT2D eigenvalue weighted by Gasteiger charge is 2.28. The van der Waals surface area contributed by atoms with Crippen LogP contribution in [-0.4, -0.2) is 32.3 Å². The van der Waals surface area contributed by atoms with E-state index < -0.39 is 0 Å². The maximum absolute atomic E-state index is 6.21. The Hall–Kier alpha value is 0.210. The van der Waals surface area contributed by atoms with Gasteiger partial charge in [-0.15, -0.1) is 11.6 Å². The van der Waals surface area contributed by atoms with E-state index >= 15 is 0 Å². The van der Waals surface area contributed by atoms with Crippen LogP contribution in [-0.2, 0) is 9.47 Å². The van der Waals surface area contributed by atoms with Crippen molar-refractivity contribution in [3.8, 4) is 0 Å². The summed E-state index contributed by atoms with van der Waals surface area (Å²) in [6, 6.07) is 0. The fraction of sp³-hybridized carbons (Fsp3) is 1.00. The van der Waals surface area contributed by atoms with Crippen molar-refractivity contribution in [1.82, 2.24) is 0 Å². The van der Waals surface area contributed by atoms with E-state index in [9.17, 15) is 0 Å². The molecule has 0 saturated heterocycles. The highest BCUT2D eigenvalue weighted by molar-refractivity contribution is 6.20. The van der Waals surface area contributed by atoms with Crippen LogP contribution < -0.4 is 0 Å². The van der Waals surface area contributed by atoms with Crippen molar-refractivity contribution in [1.29, 1.82) is 0 Å². The molecule has 0 spiro atoms. The molecule has 0 aromatic rings. The standard InChI is InChI=1S/C12H23ClO2/c1-14-9-10-15-8-4-2-3-5-12(13)11-6-7-11/h11-12H,2-10H2,1H3. The van der Waals surface area contributed by atoms with Crippen LogP contribution in [0.3, 0.4) is 0 Å². The molecule has 1 fully saturated rings. The number of rotatable bonds is 10. The van der Waals surface area contributed by atoms with E-state index in [0.717, 1.165) is 25.6 Å². The first-order chi connectivity index (χ1) is 7.34. The van der Waals surface area contributed by atoms with E-state index in [0.29, 0.717) is 12.0 Å². The van der Waals surface area contributed by atoms with Gasteiger partial charge < -0.3 is 9.47 Å². The lowest BCUT2D eigenvalue weighted by molar-refractivity contribution is 0.0685. The molecule has 1 unspecified atom stereocenters. The topological polar surface area (TPSA) is 18.5 Å². The van der Waals surface area contributed by atoms with Crippen LogP contribution in [0.15, 0.2) is 0 Å². The van der Waals surface area contributed by atoms with Gasteiger partial charge in [0, 0.05) is 19.1 Å². The van der Waals surface area contributed by atoms with Crippen molar-refractivity contribution < 1.29 is 9.47 Å². The number of methoxy groups -OCH3 is 1. The van der Waals surface area contributed by atoms with Crippen molar-refractivity contribution >= 4 is 11.6 Å². The molecule has 0 aromatic carbocycles. The number of ether oxygens (including phenoxy) is 2. The van der Waals surface area contributed by atoms with Gasteiger partial charge in [0.1, 0.15) is 0 Å². The molecule has 0 amide bonds. The predicted octanol–water partition coefficient (Wildman–Crippen LogP) is 3.23. The first kappa shape index (κ1) is 13.3. The quantitative estimate of drug-likeness (QED) is 0.427. The summed E-state index contributed by atoms with van der Waals surface area (Å²) in [5, 5.41) is 0.444. The molecule has 0 aliphatic heterocycles. The molecule has 0 bridgehead atoms. The van der Waals surface area contributed by atoms with E-state index in [4.69, 9.17) is 21.1 Å². The third kappa shape index (κ3) is 7.15. The highest BCUT2D eigenvalue weighted by Crippen LogP contribution is 2.37. The number of unbranched alkanes of at least 4 members (excludes halogenated alkanes) is 2. The van der Waals surface area contributed by atoms with Crippen LogP contribution in [0.2, 0.25) is 0 Å². The maximum atomic E-state index is 6.21. The summed E-state index contributed by atoms with van der Waals surface area (Å²) in [7, 11) is 1.70. The number of alkyl halides is 1. The van der Waals surface area contributed by atoms with Crippen molar-refractivity contribution in [2.75, 3.05) is 26.9 Å². The Kier molecular flexibility index (Phi) is 7.41. The summed E-state index contributed by atoms with van der Waals surface area (Å²) in [5.41, 5.74) is 0. The SMILES string of the molecule is COCCOCCCCCC(Cl)C1CC1. The van der Waals surface area contributed by atoms with Gasteiger partial charge in [-0.05, 0) is 31.6 Å². The Labute approximate surface area is 98.3 Å². The van der Waals surface area contributed by atoms with Crippen LogP contribution in [0.25, 0.3) is 0 Å². The summed E-state index contributed by atoms with van der Waals surface area (Å²) < 4.78 is 10.3. The van der Waals surface area contributed by atoms with Gasteiger partial charge in [0.15, 0.2) is 0 Å². The Morgan fingerprint density at radius 1 is 1.13 bits per heavy atom. The van der Waals surface area contributed by atoms with E-state index in [1.807, 2.05) is 0 Å². The van der Waals surface area contributed by atoms with E-state index in [-0.39, 0.29) is 0 Å². The summed E-state index contributed by atoms with van der Waals surface area (Å²) in [5.74, 6) is 0.838. The molecule has 3 heteroatoms. The molecule has 1 aliphatic carbocycles. The molecule has 2 nitrogen and oxygen atoms in total. The fourth-order valence-electron chi connectivity index (χ4n) is 1.66.